The second-order valence-corrected chi connectivity index (χ2v) is 10.3. The molecule has 2 aromatic carbocycles. The Morgan fingerprint density at radius 2 is 2.03 bits per heavy atom. The Morgan fingerprint density at radius 3 is 2.77 bits per heavy atom. The first-order valence-corrected chi connectivity index (χ1v) is 12.0. The van der Waals surface area contributed by atoms with Crippen LogP contribution in [0.15, 0.2) is 41.0 Å². The van der Waals surface area contributed by atoms with E-state index in [0.717, 1.165) is 40.6 Å². The van der Waals surface area contributed by atoms with E-state index in [-0.39, 0.29) is 0 Å². The van der Waals surface area contributed by atoms with Crippen LogP contribution in [0.25, 0.3) is 10.9 Å². The van der Waals surface area contributed by atoms with Gasteiger partial charge in [-0.05, 0) is 50.5 Å². The first kappa shape index (κ1) is 21.2. The van der Waals surface area contributed by atoms with Crippen molar-refractivity contribution in [3.63, 3.8) is 0 Å². The summed E-state index contributed by atoms with van der Waals surface area (Å²) in [5.74, 6) is 1.18. The van der Waals surface area contributed by atoms with Gasteiger partial charge < -0.3 is 4.74 Å². The van der Waals surface area contributed by atoms with Gasteiger partial charge in [0.2, 0.25) is 0 Å². The van der Waals surface area contributed by atoms with Crippen LogP contribution in [0.2, 0.25) is 0 Å². The van der Waals surface area contributed by atoms with Crippen molar-refractivity contribution in [1.82, 2.24) is 9.97 Å². The van der Waals surface area contributed by atoms with Gasteiger partial charge >= 0.3 is 0 Å². The zero-order chi connectivity index (χ0) is 22.0. The van der Waals surface area contributed by atoms with E-state index < -0.39 is 21.7 Å². The van der Waals surface area contributed by atoms with E-state index in [1.807, 2.05) is 25.1 Å². The summed E-state index contributed by atoms with van der Waals surface area (Å²) in [7, 11) is -2.17. The summed E-state index contributed by atoms with van der Waals surface area (Å²) in [6.07, 6.45) is 3.08. The summed E-state index contributed by atoms with van der Waals surface area (Å²) in [5.41, 5.74) is 3.82. The number of rotatable bonds is 5. The Kier molecular flexibility index (Phi) is 5.88. The summed E-state index contributed by atoms with van der Waals surface area (Å²) in [5, 5.41) is 9.93. The van der Waals surface area contributed by atoms with Gasteiger partial charge in [0.1, 0.15) is 24.0 Å². The number of aryl methyl sites for hydroxylation is 1. The predicted molar refractivity (Wildman–Crippen MR) is 118 cm³/mol. The molecule has 6 nitrogen and oxygen atoms in total. The first-order chi connectivity index (χ1) is 14.9. The van der Waals surface area contributed by atoms with Crippen LogP contribution < -0.4 is 4.74 Å². The molecular weight excluding hydrogens is 415 g/mol. The molecule has 3 aromatic rings. The van der Waals surface area contributed by atoms with E-state index in [4.69, 9.17) is 10.00 Å². The Morgan fingerprint density at radius 1 is 1.26 bits per heavy atom. The van der Waals surface area contributed by atoms with Crippen LogP contribution in [-0.2, 0) is 16.1 Å². The highest BCUT2D eigenvalue weighted by molar-refractivity contribution is 7.93. The number of benzene rings is 2. The molecule has 1 aliphatic heterocycles. The number of halogens is 1. The van der Waals surface area contributed by atoms with E-state index in [1.54, 1.807) is 13.0 Å². The normalized spacial score (nSPS) is 16.1. The summed E-state index contributed by atoms with van der Waals surface area (Å²) in [6.45, 7) is 3.56. The van der Waals surface area contributed by atoms with Gasteiger partial charge in [-0.25, -0.2) is 18.6 Å². The largest absolute Gasteiger partial charge is 0.475 e. The smallest absolute Gasteiger partial charge is 0.181 e. The molecule has 1 saturated heterocycles. The number of nitrogens with zero attached hydrogens (tertiary/aromatic N) is 4. The topological polar surface area (TPSA) is 88.2 Å². The minimum atomic E-state index is -2.17. The zero-order valence-electron chi connectivity index (χ0n) is 17.5. The minimum Gasteiger partial charge on any atom is -0.475 e. The van der Waals surface area contributed by atoms with Crippen LogP contribution in [0.5, 0.6) is 5.75 Å². The Hall–Kier alpha value is -3.05. The Bertz CT molecular complexity index is 1300. The second-order valence-electron chi connectivity index (χ2n) is 7.77. The molecule has 1 aliphatic rings. The van der Waals surface area contributed by atoms with Crippen molar-refractivity contribution in [3.8, 4) is 11.8 Å². The molecule has 160 valence electrons. The molecule has 0 amide bonds. The zero-order valence-corrected chi connectivity index (χ0v) is 18.3. The number of hydrogen-bond acceptors (Lipinski definition) is 6. The highest BCUT2D eigenvalue weighted by Gasteiger charge is 2.18. The second kappa shape index (κ2) is 8.60. The third-order valence-electron chi connectivity index (χ3n) is 5.32. The lowest BCUT2D eigenvalue weighted by atomic mass is 10.0. The fourth-order valence-electron chi connectivity index (χ4n) is 3.86. The van der Waals surface area contributed by atoms with Crippen molar-refractivity contribution in [3.05, 3.63) is 59.3 Å². The minimum absolute atomic E-state index is 0.322. The lowest BCUT2D eigenvalue weighted by Gasteiger charge is -2.14. The number of hydrogen-bond donors (Lipinski definition) is 0. The van der Waals surface area contributed by atoms with Gasteiger partial charge in [0.25, 0.3) is 0 Å². The number of fused-ring (bicyclic) bond motifs is 1. The molecule has 1 atom stereocenters. The average molecular weight is 439 g/mol. The van der Waals surface area contributed by atoms with Gasteiger partial charge in [0.05, 0.1) is 26.6 Å². The van der Waals surface area contributed by atoms with Gasteiger partial charge in [-0.3, -0.25) is 0 Å². The molecular formula is C23H23FN4O2S. The summed E-state index contributed by atoms with van der Waals surface area (Å²) in [6, 6.07) is 10.1. The first-order valence-electron chi connectivity index (χ1n) is 10.2. The monoisotopic (exact) mass is 438 g/mol. The molecule has 0 radical (unpaired) electrons. The molecule has 1 aromatic heterocycles. The maximum absolute atomic E-state index is 13.8. The van der Waals surface area contributed by atoms with Gasteiger partial charge in [0, 0.05) is 34.9 Å². The van der Waals surface area contributed by atoms with Crippen LogP contribution in [0.1, 0.15) is 36.6 Å². The van der Waals surface area contributed by atoms with Gasteiger partial charge in [-0.2, -0.15) is 9.62 Å². The van der Waals surface area contributed by atoms with E-state index in [0.29, 0.717) is 29.4 Å². The van der Waals surface area contributed by atoms with E-state index in [2.05, 4.69) is 14.3 Å². The average Bonchev–Trinajstić information content (AvgIpc) is 3.15. The molecule has 0 aliphatic carbocycles. The standard InChI is InChI=1S/C23H23FN4O2S/c1-15-9-19(28-31(29)7-3-4-8-31)12-21-23(15)20(26-14-27-21)10-17-5-6-18(24)11-22(17)30-16(2)13-25/h5-6,9,11-12,14,16H,3-4,7-8,10H2,1-2H3. The maximum Gasteiger partial charge on any atom is 0.181 e. The van der Waals surface area contributed by atoms with Crippen LogP contribution >= 0.6 is 0 Å². The fourth-order valence-corrected chi connectivity index (χ4v) is 6.05. The molecule has 1 unspecified atom stereocenters. The SMILES string of the molecule is Cc1cc(N=S2(=O)CCCC2)cc2ncnc(Cc3ccc(F)cc3OC(C)C#N)c12. The van der Waals surface area contributed by atoms with Crippen LogP contribution in [-0.4, -0.2) is 31.8 Å². The quantitative estimate of drug-likeness (QED) is 0.568. The number of nitriles is 1. The molecule has 0 bridgehead atoms. The third kappa shape index (κ3) is 4.67. The van der Waals surface area contributed by atoms with Crippen LogP contribution in [0.3, 0.4) is 0 Å². The van der Waals surface area contributed by atoms with Crippen molar-refractivity contribution in [1.29, 1.82) is 5.26 Å². The number of aromatic nitrogens is 2. The van der Waals surface area contributed by atoms with Crippen molar-refractivity contribution < 1.29 is 13.3 Å². The molecule has 2 heterocycles. The molecule has 31 heavy (non-hydrogen) atoms. The summed E-state index contributed by atoms with van der Waals surface area (Å²) < 4.78 is 36.8. The Labute approximate surface area is 181 Å². The predicted octanol–water partition coefficient (Wildman–Crippen LogP) is 4.85. The highest BCUT2D eigenvalue weighted by atomic mass is 32.2. The van der Waals surface area contributed by atoms with Crippen molar-refractivity contribution in [2.45, 2.75) is 39.2 Å². The summed E-state index contributed by atoms with van der Waals surface area (Å²) >= 11 is 0. The molecule has 4 rings (SSSR count). The third-order valence-corrected chi connectivity index (χ3v) is 7.72. The summed E-state index contributed by atoms with van der Waals surface area (Å²) in [4.78, 5) is 8.86. The molecule has 0 saturated carbocycles. The van der Waals surface area contributed by atoms with Crippen LogP contribution in [0, 0.1) is 24.1 Å². The Balaban J connectivity index is 1.75. The maximum atomic E-state index is 13.8. The molecule has 0 spiro atoms. The van der Waals surface area contributed by atoms with E-state index >= 15 is 0 Å². The van der Waals surface area contributed by atoms with Crippen molar-refractivity contribution in [2.75, 3.05) is 11.5 Å². The lowest BCUT2D eigenvalue weighted by Crippen LogP contribution is -2.10. The number of ether oxygens (including phenoxy) is 1. The molecule has 0 N–H and O–H groups in total. The molecule has 1 fully saturated rings. The van der Waals surface area contributed by atoms with Gasteiger partial charge in [-0.15, -0.1) is 0 Å². The lowest BCUT2D eigenvalue weighted by molar-refractivity contribution is 0.272. The van der Waals surface area contributed by atoms with Crippen molar-refractivity contribution >= 4 is 26.3 Å². The van der Waals surface area contributed by atoms with Gasteiger partial charge in [0.15, 0.2) is 6.10 Å². The van der Waals surface area contributed by atoms with E-state index in [1.165, 1.54) is 18.5 Å². The van der Waals surface area contributed by atoms with Gasteiger partial charge in [-0.1, -0.05) is 6.07 Å². The van der Waals surface area contributed by atoms with Crippen LogP contribution in [0.4, 0.5) is 10.1 Å². The van der Waals surface area contributed by atoms with E-state index in [9.17, 15) is 8.60 Å². The van der Waals surface area contributed by atoms with Crippen molar-refractivity contribution in [2.24, 2.45) is 4.36 Å². The molecule has 8 heteroatoms. The highest BCUT2D eigenvalue weighted by Crippen LogP contribution is 2.31. The fraction of sp³-hybridized carbons (Fsp3) is 0.348.